The average Bonchev–Trinajstić information content (AvgIpc) is 1.86. The minimum Gasteiger partial charge on any atom is -0.294 e. The standard InChI is InChI=1S/C8H19NO2S/c1-6-9(12(10)11)8(4,5)7(2)3/h7H,6H2,1-5H3,(H,10,11). The van der Waals surface area contributed by atoms with Gasteiger partial charge in [0.25, 0.3) is 0 Å². The van der Waals surface area contributed by atoms with Crippen molar-refractivity contribution in [1.82, 2.24) is 4.31 Å². The second-order valence-electron chi connectivity index (χ2n) is 3.73. The Kier molecular flexibility index (Phi) is 4.37. The summed E-state index contributed by atoms with van der Waals surface area (Å²) in [5, 5.41) is 0. The number of rotatable bonds is 4. The first-order chi connectivity index (χ1) is 5.34. The molecule has 0 radical (unpaired) electrons. The summed E-state index contributed by atoms with van der Waals surface area (Å²) in [6.45, 7) is 10.5. The number of hydrogen-bond acceptors (Lipinski definition) is 1. The van der Waals surface area contributed by atoms with Gasteiger partial charge in [0.2, 0.25) is 11.3 Å². The van der Waals surface area contributed by atoms with Gasteiger partial charge in [-0.25, -0.2) is 4.21 Å². The van der Waals surface area contributed by atoms with Gasteiger partial charge in [-0.3, -0.25) is 4.55 Å². The summed E-state index contributed by atoms with van der Waals surface area (Å²) in [7, 11) is 0. The van der Waals surface area contributed by atoms with Crippen LogP contribution in [0, 0.1) is 5.92 Å². The molecular weight excluding hydrogens is 174 g/mol. The molecule has 0 spiro atoms. The van der Waals surface area contributed by atoms with E-state index in [1.807, 2.05) is 20.8 Å². The Labute approximate surface area is 77.6 Å². The van der Waals surface area contributed by atoms with Gasteiger partial charge in [-0.15, -0.1) is 0 Å². The van der Waals surface area contributed by atoms with Gasteiger partial charge in [0.1, 0.15) is 0 Å². The highest BCUT2D eigenvalue weighted by molar-refractivity contribution is 7.76. The lowest BCUT2D eigenvalue weighted by atomic mass is 9.91. The molecule has 0 aliphatic carbocycles. The predicted molar refractivity (Wildman–Crippen MR) is 52.1 cm³/mol. The van der Waals surface area contributed by atoms with Crippen LogP contribution in [-0.2, 0) is 11.3 Å². The van der Waals surface area contributed by atoms with Crippen LogP contribution in [0.5, 0.6) is 0 Å². The molecular formula is C8H19NO2S. The van der Waals surface area contributed by atoms with Crippen molar-refractivity contribution in [1.29, 1.82) is 0 Å². The maximum Gasteiger partial charge on any atom is 0.235 e. The van der Waals surface area contributed by atoms with Crippen LogP contribution in [0.4, 0.5) is 0 Å². The van der Waals surface area contributed by atoms with E-state index >= 15 is 0 Å². The SMILES string of the molecule is CCN(S(=O)O)C(C)(C)C(C)C. The molecule has 1 atom stereocenters. The lowest BCUT2D eigenvalue weighted by molar-refractivity contribution is 0.169. The molecule has 0 saturated carbocycles. The van der Waals surface area contributed by atoms with Gasteiger partial charge < -0.3 is 0 Å². The molecule has 0 amide bonds. The van der Waals surface area contributed by atoms with Gasteiger partial charge in [-0.05, 0) is 19.8 Å². The molecule has 0 rings (SSSR count). The van der Waals surface area contributed by atoms with Crippen molar-refractivity contribution in [2.75, 3.05) is 6.54 Å². The Morgan fingerprint density at radius 1 is 1.50 bits per heavy atom. The van der Waals surface area contributed by atoms with Crippen LogP contribution in [0.2, 0.25) is 0 Å². The van der Waals surface area contributed by atoms with E-state index in [-0.39, 0.29) is 5.54 Å². The minimum absolute atomic E-state index is 0.228. The molecule has 12 heavy (non-hydrogen) atoms. The van der Waals surface area contributed by atoms with Crippen LogP contribution in [0.15, 0.2) is 0 Å². The summed E-state index contributed by atoms with van der Waals surface area (Å²) in [6, 6.07) is 0. The van der Waals surface area contributed by atoms with Crippen molar-refractivity contribution in [3.63, 3.8) is 0 Å². The lowest BCUT2D eigenvalue weighted by Crippen LogP contribution is -2.48. The lowest BCUT2D eigenvalue weighted by Gasteiger charge is -2.37. The summed E-state index contributed by atoms with van der Waals surface area (Å²) >= 11 is -1.86. The van der Waals surface area contributed by atoms with Crippen LogP contribution in [-0.4, -0.2) is 25.2 Å². The second kappa shape index (κ2) is 4.35. The number of hydrogen-bond donors (Lipinski definition) is 1. The van der Waals surface area contributed by atoms with E-state index in [0.717, 1.165) is 0 Å². The third kappa shape index (κ3) is 2.54. The maximum absolute atomic E-state index is 10.9. The van der Waals surface area contributed by atoms with Crippen molar-refractivity contribution < 1.29 is 8.76 Å². The van der Waals surface area contributed by atoms with E-state index in [9.17, 15) is 4.21 Å². The Morgan fingerprint density at radius 2 is 1.92 bits per heavy atom. The molecule has 1 N–H and O–H groups in total. The zero-order chi connectivity index (χ0) is 9.94. The van der Waals surface area contributed by atoms with Crippen LogP contribution in [0.25, 0.3) is 0 Å². The molecule has 0 aliphatic rings. The van der Waals surface area contributed by atoms with Crippen molar-refractivity contribution in [2.45, 2.75) is 40.2 Å². The normalized spacial score (nSPS) is 15.7. The Bertz CT molecular complexity index is 168. The topological polar surface area (TPSA) is 40.5 Å². The molecule has 0 saturated heterocycles. The van der Waals surface area contributed by atoms with Crippen molar-refractivity contribution in [3.05, 3.63) is 0 Å². The van der Waals surface area contributed by atoms with Crippen molar-refractivity contribution in [2.24, 2.45) is 5.92 Å². The fraction of sp³-hybridized carbons (Fsp3) is 1.00. The smallest absolute Gasteiger partial charge is 0.235 e. The molecule has 0 aliphatic heterocycles. The van der Waals surface area contributed by atoms with Gasteiger partial charge in [0.15, 0.2) is 0 Å². The molecule has 0 fully saturated rings. The Balaban J connectivity index is 4.59. The highest BCUT2D eigenvalue weighted by Gasteiger charge is 2.32. The Morgan fingerprint density at radius 3 is 2.00 bits per heavy atom. The first-order valence-corrected chi connectivity index (χ1v) is 5.29. The minimum atomic E-state index is -1.86. The van der Waals surface area contributed by atoms with E-state index in [1.54, 1.807) is 4.31 Å². The van der Waals surface area contributed by atoms with Crippen LogP contribution < -0.4 is 0 Å². The van der Waals surface area contributed by atoms with E-state index in [0.29, 0.717) is 12.5 Å². The third-order valence-electron chi connectivity index (χ3n) is 2.53. The van der Waals surface area contributed by atoms with E-state index in [2.05, 4.69) is 13.8 Å². The highest BCUT2D eigenvalue weighted by atomic mass is 32.2. The maximum atomic E-state index is 10.9. The predicted octanol–water partition coefficient (Wildman–Crippen LogP) is 1.88. The fourth-order valence-corrected chi connectivity index (χ4v) is 1.84. The summed E-state index contributed by atoms with van der Waals surface area (Å²) < 4.78 is 21.5. The average molecular weight is 193 g/mol. The molecule has 4 heteroatoms. The molecule has 0 bridgehead atoms. The van der Waals surface area contributed by atoms with Gasteiger partial charge in [-0.1, -0.05) is 20.8 Å². The summed E-state index contributed by atoms with van der Waals surface area (Å²) in [4.78, 5) is 0. The van der Waals surface area contributed by atoms with E-state index in [1.165, 1.54) is 0 Å². The molecule has 0 aromatic carbocycles. The van der Waals surface area contributed by atoms with Crippen LogP contribution in [0.1, 0.15) is 34.6 Å². The zero-order valence-electron chi connectivity index (χ0n) is 8.50. The highest BCUT2D eigenvalue weighted by Crippen LogP contribution is 2.24. The third-order valence-corrected chi connectivity index (χ3v) is 3.64. The Hall–Kier alpha value is 0.0700. The monoisotopic (exact) mass is 193 g/mol. The van der Waals surface area contributed by atoms with Gasteiger partial charge in [-0.2, -0.15) is 4.31 Å². The van der Waals surface area contributed by atoms with E-state index in [4.69, 9.17) is 4.55 Å². The van der Waals surface area contributed by atoms with Crippen LogP contribution in [0.3, 0.4) is 0 Å². The summed E-state index contributed by atoms with van der Waals surface area (Å²) in [5.41, 5.74) is -0.228. The largest absolute Gasteiger partial charge is 0.294 e. The van der Waals surface area contributed by atoms with Crippen molar-refractivity contribution in [3.8, 4) is 0 Å². The van der Waals surface area contributed by atoms with E-state index < -0.39 is 11.3 Å². The second-order valence-corrected chi connectivity index (χ2v) is 4.64. The summed E-state index contributed by atoms with van der Waals surface area (Å²) in [6.07, 6.45) is 0. The molecule has 1 unspecified atom stereocenters. The number of nitrogens with zero attached hydrogens (tertiary/aromatic N) is 1. The molecule has 0 heterocycles. The van der Waals surface area contributed by atoms with Gasteiger partial charge >= 0.3 is 0 Å². The molecule has 0 aromatic heterocycles. The first-order valence-electron chi connectivity index (χ1n) is 4.22. The van der Waals surface area contributed by atoms with Gasteiger partial charge in [0, 0.05) is 12.1 Å². The van der Waals surface area contributed by atoms with Crippen LogP contribution >= 0.6 is 0 Å². The quantitative estimate of drug-likeness (QED) is 0.692. The zero-order valence-corrected chi connectivity index (χ0v) is 9.31. The molecule has 3 nitrogen and oxygen atoms in total. The molecule has 74 valence electrons. The van der Waals surface area contributed by atoms with Gasteiger partial charge in [0.05, 0.1) is 0 Å². The molecule has 0 aromatic rings. The van der Waals surface area contributed by atoms with Crippen molar-refractivity contribution >= 4 is 11.3 Å². The fourth-order valence-electron chi connectivity index (χ4n) is 1.01. The first kappa shape index (κ1) is 12.1. The summed E-state index contributed by atoms with van der Waals surface area (Å²) in [5.74, 6) is 0.355.